The lowest BCUT2D eigenvalue weighted by atomic mass is 9.68. The molecule has 3 rings (SSSR count). The molecule has 0 spiro atoms. The first-order valence-electron chi connectivity index (χ1n) is 14.6. The highest BCUT2D eigenvalue weighted by molar-refractivity contribution is 6.51. The van der Waals surface area contributed by atoms with E-state index in [-0.39, 0.29) is 30.2 Å². The number of aromatic nitrogens is 2. The minimum Gasteiger partial charge on any atom is -0.413 e. The molecule has 40 heavy (non-hydrogen) atoms. The van der Waals surface area contributed by atoms with Crippen molar-refractivity contribution in [1.29, 1.82) is 0 Å². The highest BCUT2D eigenvalue weighted by Crippen LogP contribution is 2.30. The number of nitrogens with one attached hydrogen (secondary N) is 3. The zero-order chi connectivity index (χ0) is 29.0. The van der Waals surface area contributed by atoms with E-state index in [2.05, 4.69) is 58.5 Å². The Labute approximate surface area is 240 Å². The summed E-state index contributed by atoms with van der Waals surface area (Å²) in [7, 11) is 3.82. The number of unbranched alkanes of at least 4 members (excludes halogenated alkanes) is 3. The summed E-state index contributed by atoms with van der Waals surface area (Å²) in [6.07, 6.45) is 11.2. The van der Waals surface area contributed by atoms with Gasteiger partial charge in [0.05, 0.1) is 17.7 Å². The zero-order valence-electron chi connectivity index (χ0n) is 24.9. The number of nitrogens with zero attached hydrogens (tertiary/aromatic N) is 3. The molecule has 0 bridgehead atoms. The second kappa shape index (κ2) is 15.8. The molecular formula is C30H47BN6O3. The van der Waals surface area contributed by atoms with Crippen molar-refractivity contribution in [2.75, 3.05) is 27.2 Å². The Balaban J connectivity index is 1.70. The van der Waals surface area contributed by atoms with E-state index in [1.54, 1.807) is 0 Å². The van der Waals surface area contributed by atoms with Crippen molar-refractivity contribution < 1.29 is 14.2 Å². The summed E-state index contributed by atoms with van der Waals surface area (Å²) in [6.45, 7) is 8.35. The molecule has 3 atom stereocenters. The Hall–Kier alpha value is -2.82. The summed E-state index contributed by atoms with van der Waals surface area (Å²) in [5.41, 5.74) is 0.873. The molecule has 218 valence electrons. The lowest BCUT2D eigenvalue weighted by molar-refractivity contribution is -0.123. The van der Waals surface area contributed by atoms with Crippen LogP contribution in [0.4, 0.5) is 0 Å². The molecule has 10 heteroatoms. The van der Waals surface area contributed by atoms with Crippen molar-refractivity contribution in [3.05, 3.63) is 60.2 Å². The van der Waals surface area contributed by atoms with E-state index in [0.717, 1.165) is 37.9 Å². The summed E-state index contributed by atoms with van der Waals surface area (Å²) in [4.78, 5) is 37.1. The third-order valence-electron chi connectivity index (χ3n) is 7.40. The van der Waals surface area contributed by atoms with Crippen molar-refractivity contribution in [3.63, 3.8) is 0 Å². The van der Waals surface area contributed by atoms with Gasteiger partial charge < -0.3 is 25.4 Å². The van der Waals surface area contributed by atoms with Gasteiger partial charge in [-0.1, -0.05) is 63.4 Å². The van der Waals surface area contributed by atoms with Gasteiger partial charge in [0, 0.05) is 25.4 Å². The smallest absolute Gasteiger partial charge is 0.406 e. The van der Waals surface area contributed by atoms with Crippen molar-refractivity contribution >= 4 is 18.9 Å². The average molecular weight is 551 g/mol. The number of carbonyl (C=O) groups excluding carboxylic acids is 2. The van der Waals surface area contributed by atoms with Gasteiger partial charge in [0.15, 0.2) is 0 Å². The fourth-order valence-electron chi connectivity index (χ4n) is 5.46. The summed E-state index contributed by atoms with van der Waals surface area (Å²) in [5.74, 6) is -0.535. The Morgan fingerprint density at radius 1 is 1.10 bits per heavy atom. The quantitative estimate of drug-likeness (QED) is 0.218. The Morgan fingerprint density at radius 2 is 1.85 bits per heavy atom. The minimum absolute atomic E-state index is 0.174. The van der Waals surface area contributed by atoms with Gasteiger partial charge in [0.2, 0.25) is 5.91 Å². The van der Waals surface area contributed by atoms with Gasteiger partial charge >= 0.3 is 7.05 Å². The Kier molecular flexibility index (Phi) is 12.6. The van der Waals surface area contributed by atoms with Crippen molar-refractivity contribution in [3.8, 4) is 0 Å². The molecule has 1 aliphatic rings. The van der Waals surface area contributed by atoms with Gasteiger partial charge in [-0.2, -0.15) is 0 Å². The third kappa shape index (κ3) is 9.98. The maximum absolute atomic E-state index is 13.8. The lowest BCUT2D eigenvalue weighted by Gasteiger charge is -2.29. The molecule has 1 aromatic heterocycles. The number of amides is 2. The second-order valence-electron chi connectivity index (χ2n) is 11.7. The number of rotatable bonds is 16. The van der Waals surface area contributed by atoms with E-state index in [1.807, 2.05) is 37.4 Å². The predicted octanol–water partition coefficient (Wildman–Crippen LogP) is 3.27. The number of carbonyl (C=O) groups is 2. The van der Waals surface area contributed by atoms with E-state index in [1.165, 1.54) is 37.9 Å². The van der Waals surface area contributed by atoms with Crippen LogP contribution in [-0.4, -0.2) is 78.4 Å². The standard InChI is InChI=1S/C30H47BN6O3/c1-23(2)19-27(31-37(5)22-30(3,40-31)15-11-6-7-12-16-32-4)36-28(38)25(20-24-13-9-8-10-14-24)35-29(39)26-21-33-17-18-34-26/h8-10,13-14,17-18,21,23,25,27,32H,6-7,11-12,15-16,19-20,22H2,1-5H3,(H,35,39)(H,36,38)/t25?,27-,30?/m0/s1. The predicted molar refractivity (Wildman–Crippen MR) is 160 cm³/mol. The molecule has 0 radical (unpaired) electrons. The van der Waals surface area contributed by atoms with Crippen LogP contribution in [0.3, 0.4) is 0 Å². The Morgan fingerprint density at radius 3 is 2.52 bits per heavy atom. The van der Waals surface area contributed by atoms with Crippen LogP contribution in [0.25, 0.3) is 0 Å². The molecule has 3 N–H and O–H groups in total. The molecule has 0 saturated carbocycles. The average Bonchev–Trinajstić information content (AvgIpc) is 3.24. The van der Waals surface area contributed by atoms with Crippen molar-refractivity contribution in [1.82, 2.24) is 30.7 Å². The van der Waals surface area contributed by atoms with Gasteiger partial charge in [-0.3, -0.25) is 14.6 Å². The third-order valence-corrected chi connectivity index (χ3v) is 7.40. The summed E-state index contributed by atoms with van der Waals surface area (Å²) >= 11 is 0. The second-order valence-corrected chi connectivity index (χ2v) is 11.7. The molecule has 2 heterocycles. The van der Waals surface area contributed by atoms with Crippen LogP contribution in [0.15, 0.2) is 48.9 Å². The first-order chi connectivity index (χ1) is 19.2. The van der Waals surface area contributed by atoms with E-state index in [9.17, 15) is 9.59 Å². The monoisotopic (exact) mass is 550 g/mol. The number of hydrogen-bond donors (Lipinski definition) is 3. The molecule has 2 aromatic rings. The van der Waals surface area contributed by atoms with Crippen LogP contribution in [-0.2, 0) is 15.9 Å². The first kappa shape index (κ1) is 31.7. The molecular weight excluding hydrogens is 503 g/mol. The Bertz CT molecular complexity index is 1040. The normalized spacial score (nSPS) is 19.0. The van der Waals surface area contributed by atoms with Gasteiger partial charge in [-0.25, -0.2) is 4.98 Å². The molecule has 0 aliphatic carbocycles. The lowest BCUT2D eigenvalue weighted by Crippen LogP contribution is -2.58. The number of benzene rings is 1. The van der Waals surface area contributed by atoms with Gasteiger partial charge in [0.25, 0.3) is 5.91 Å². The highest BCUT2D eigenvalue weighted by atomic mass is 16.5. The maximum atomic E-state index is 13.8. The van der Waals surface area contributed by atoms with E-state index in [0.29, 0.717) is 12.3 Å². The van der Waals surface area contributed by atoms with Crippen molar-refractivity contribution in [2.24, 2.45) is 5.92 Å². The van der Waals surface area contributed by atoms with E-state index >= 15 is 0 Å². The van der Waals surface area contributed by atoms with Crippen LogP contribution < -0.4 is 16.0 Å². The fourth-order valence-corrected chi connectivity index (χ4v) is 5.46. The van der Waals surface area contributed by atoms with Crippen LogP contribution >= 0.6 is 0 Å². The number of likely N-dealkylation sites (N-methyl/N-ethyl adjacent to an activating group) is 1. The minimum atomic E-state index is -0.776. The fraction of sp³-hybridized carbons (Fsp3) is 0.600. The van der Waals surface area contributed by atoms with E-state index < -0.39 is 11.9 Å². The first-order valence-corrected chi connectivity index (χ1v) is 14.6. The molecule has 1 fully saturated rings. The molecule has 2 amide bonds. The van der Waals surface area contributed by atoms with Gasteiger partial charge in [0.1, 0.15) is 11.7 Å². The SMILES string of the molecule is CNCCCCCCC1(C)CN(C)B([C@H](CC(C)C)NC(=O)C(Cc2ccccc2)NC(=O)c2cnccn2)O1. The van der Waals surface area contributed by atoms with Gasteiger partial charge in [-0.05, 0) is 58.3 Å². The van der Waals surface area contributed by atoms with Gasteiger partial charge in [-0.15, -0.1) is 0 Å². The summed E-state index contributed by atoms with van der Waals surface area (Å²) in [5, 5.41) is 9.36. The van der Waals surface area contributed by atoms with E-state index in [4.69, 9.17) is 4.65 Å². The topological polar surface area (TPSA) is 108 Å². The molecule has 1 saturated heterocycles. The van der Waals surface area contributed by atoms with Crippen LogP contribution in [0.2, 0.25) is 0 Å². The number of hydrogen-bond acceptors (Lipinski definition) is 7. The van der Waals surface area contributed by atoms with Crippen LogP contribution in [0, 0.1) is 5.92 Å². The molecule has 2 unspecified atom stereocenters. The summed E-state index contributed by atoms with van der Waals surface area (Å²) < 4.78 is 6.69. The van der Waals surface area contributed by atoms with Crippen LogP contribution in [0.5, 0.6) is 0 Å². The highest BCUT2D eigenvalue weighted by Gasteiger charge is 2.47. The molecule has 1 aromatic carbocycles. The largest absolute Gasteiger partial charge is 0.413 e. The maximum Gasteiger partial charge on any atom is 0.406 e. The van der Waals surface area contributed by atoms with Crippen LogP contribution in [0.1, 0.15) is 75.3 Å². The molecule has 1 aliphatic heterocycles. The zero-order valence-corrected chi connectivity index (χ0v) is 24.9. The van der Waals surface area contributed by atoms with Crippen molar-refractivity contribution in [2.45, 2.75) is 83.3 Å². The summed E-state index contributed by atoms with van der Waals surface area (Å²) in [6, 6.07) is 8.93. The molecule has 9 nitrogen and oxygen atoms in total.